The second kappa shape index (κ2) is 6.08. The van der Waals surface area contributed by atoms with E-state index in [4.69, 9.17) is 9.47 Å². The molecule has 1 aliphatic heterocycles. The number of rotatable bonds is 4. The molecule has 0 radical (unpaired) electrons. The fraction of sp³-hybridized carbons (Fsp3) is 0.909. The summed E-state index contributed by atoms with van der Waals surface area (Å²) in [5.74, 6) is -0.121. The van der Waals surface area contributed by atoms with Gasteiger partial charge in [0.05, 0.1) is 12.2 Å². The van der Waals surface area contributed by atoms with Crippen LogP contribution in [-0.2, 0) is 14.3 Å². The van der Waals surface area contributed by atoms with Crippen LogP contribution in [-0.4, -0.2) is 49.3 Å². The number of esters is 1. The van der Waals surface area contributed by atoms with Gasteiger partial charge in [-0.1, -0.05) is 6.92 Å². The van der Waals surface area contributed by atoms with Gasteiger partial charge in [-0.15, -0.1) is 0 Å². The minimum absolute atomic E-state index is 0.121. The Labute approximate surface area is 91.5 Å². The van der Waals surface area contributed by atoms with Crippen molar-refractivity contribution >= 4 is 5.97 Å². The molecule has 15 heavy (non-hydrogen) atoms. The van der Waals surface area contributed by atoms with Gasteiger partial charge in [0.25, 0.3) is 0 Å². The molecule has 0 aromatic carbocycles. The topological polar surface area (TPSA) is 38.8 Å². The minimum atomic E-state index is -0.121. The molecule has 4 heteroatoms. The van der Waals surface area contributed by atoms with E-state index in [1.165, 1.54) is 0 Å². The Morgan fingerprint density at radius 1 is 1.40 bits per heavy atom. The van der Waals surface area contributed by atoms with E-state index in [9.17, 15) is 4.79 Å². The highest BCUT2D eigenvalue weighted by Gasteiger charge is 2.21. The maximum atomic E-state index is 10.9. The van der Waals surface area contributed by atoms with Crippen LogP contribution < -0.4 is 0 Å². The van der Waals surface area contributed by atoms with Crippen LogP contribution in [0.5, 0.6) is 0 Å². The van der Waals surface area contributed by atoms with Crippen molar-refractivity contribution < 1.29 is 14.3 Å². The van der Waals surface area contributed by atoms with Crippen LogP contribution in [0.4, 0.5) is 0 Å². The van der Waals surface area contributed by atoms with Crippen LogP contribution in [0.2, 0.25) is 0 Å². The first-order valence-corrected chi connectivity index (χ1v) is 5.65. The summed E-state index contributed by atoms with van der Waals surface area (Å²) >= 11 is 0. The number of carbonyl (C=O) groups excluding carboxylic acids is 1. The molecule has 1 saturated heterocycles. The zero-order valence-electron chi connectivity index (χ0n) is 9.86. The highest BCUT2D eigenvalue weighted by molar-refractivity contribution is 5.68. The molecular weight excluding hydrogens is 194 g/mol. The minimum Gasteiger partial charge on any atom is -0.464 e. The van der Waals surface area contributed by atoms with Crippen LogP contribution in [0.25, 0.3) is 0 Å². The Balaban J connectivity index is 2.17. The van der Waals surface area contributed by atoms with Crippen molar-refractivity contribution in [3.05, 3.63) is 0 Å². The fourth-order valence-corrected chi connectivity index (χ4v) is 1.86. The van der Waals surface area contributed by atoms with Crippen LogP contribution in [0, 0.1) is 0 Å². The summed E-state index contributed by atoms with van der Waals surface area (Å²) in [6.07, 6.45) is 1.00. The molecule has 1 rings (SSSR count). The number of ether oxygens (including phenoxy) is 2. The predicted octanol–water partition coefficient (Wildman–Crippen LogP) is 1.05. The largest absolute Gasteiger partial charge is 0.464 e. The van der Waals surface area contributed by atoms with Crippen molar-refractivity contribution in [2.45, 2.75) is 39.4 Å². The molecule has 1 aliphatic rings. The van der Waals surface area contributed by atoms with Crippen molar-refractivity contribution in [3.8, 4) is 0 Å². The molecule has 4 nitrogen and oxygen atoms in total. The van der Waals surface area contributed by atoms with Gasteiger partial charge in [-0.2, -0.15) is 0 Å². The molecule has 0 aromatic rings. The molecule has 2 unspecified atom stereocenters. The van der Waals surface area contributed by atoms with Crippen molar-refractivity contribution in [2.24, 2.45) is 0 Å². The summed E-state index contributed by atoms with van der Waals surface area (Å²) in [5, 5.41) is 0. The van der Waals surface area contributed by atoms with Gasteiger partial charge in [0, 0.05) is 26.1 Å². The van der Waals surface area contributed by atoms with E-state index in [0.717, 1.165) is 19.6 Å². The lowest BCUT2D eigenvalue weighted by molar-refractivity contribution is -0.144. The Bertz CT molecular complexity index is 198. The third-order valence-corrected chi connectivity index (χ3v) is 2.45. The van der Waals surface area contributed by atoms with E-state index < -0.39 is 0 Å². The second-order valence-corrected chi connectivity index (χ2v) is 4.09. The molecule has 0 N–H and O–H groups in total. The van der Waals surface area contributed by atoms with E-state index >= 15 is 0 Å². The van der Waals surface area contributed by atoms with Gasteiger partial charge >= 0.3 is 5.97 Å². The van der Waals surface area contributed by atoms with Crippen LogP contribution in [0.3, 0.4) is 0 Å². The van der Waals surface area contributed by atoms with Gasteiger partial charge in [0.2, 0.25) is 0 Å². The number of hydrogen-bond donors (Lipinski definition) is 0. The first-order chi connectivity index (χ1) is 7.11. The number of nitrogens with zero attached hydrogens (tertiary/aromatic N) is 1. The molecule has 0 amide bonds. The van der Waals surface area contributed by atoms with Crippen LogP contribution >= 0.6 is 0 Å². The lowest BCUT2D eigenvalue weighted by atomic mass is 10.2. The van der Waals surface area contributed by atoms with Crippen molar-refractivity contribution in [2.75, 3.05) is 26.2 Å². The van der Waals surface area contributed by atoms with E-state index in [2.05, 4.69) is 18.7 Å². The third kappa shape index (κ3) is 4.62. The van der Waals surface area contributed by atoms with E-state index in [-0.39, 0.29) is 18.2 Å². The summed E-state index contributed by atoms with van der Waals surface area (Å²) in [6.45, 7) is 9.10. The average molecular weight is 215 g/mol. The monoisotopic (exact) mass is 215 g/mol. The van der Waals surface area contributed by atoms with Crippen molar-refractivity contribution in [1.82, 2.24) is 4.90 Å². The first kappa shape index (κ1) is 12.5. The van der Waals surface area contributed by atoms with Crippen LogP contribution in [0.1, 0.15) is 27.2 Å². The number of hydrogen-bond acceptors (Lipinski definition) is 4. The quantitative estimate of drug-likeness (QED) is 0.657. The molecule has 88 valence electrons. The SMILES string of the molecule is CCC(=O)OCCN1CC(C)OC(C)C1. The molecule has 0 aromatic heterocycles. The van der Waals surface area contributed by atoms with Gasteiger partial charge < -0.3 is 9.47 Å². The van der Waals surface area contributed by atoms with Crippen molar-refractivity contribution in [1.29, 1.82) is 0 Å². The molecule has 1 fully saturated rings. The predicted molar refractivity (Wildman–Crippen MR) is 57.7 cm³/mol. The Morgan fingerprint density at radius 2 is 2.00 bits per heavy atom. The van der Waals surface area contributed by atoms with Crippen molar-refractivity contribution in [3.63, 3.8) is 0 Å². The Hall–Kier alpha value is -0.610. The van der Waals surface area contributed by atoms with E-state index in [0.29, 0.717) is 13.0 Å². The summed E-state index contributed by atoms with van der Waals surface area (Å²) in [7, 11) is 0. The third-order valence-electron chi connectivity index (χ3n) is 2.45. The van der Waals surface area contributed by atoms with Gasteiger partial charge in [0.1, 0.15) is 6.61 Å². The average Bonchev–Trinajstić information content (AvgIpc) is 2.16. The van der Waals surface area contributed by atoms with Gasteiger partial charge in [-0.05, 0) is 13.8 Å². The molecule has 2 atom stereocenters. The van der Waals surface area contributed by atoms with E-state index in [1.807, 2.05) is 0 Å². The lowest BCUT2D eigenvalue weighted by Gasteiger charge is -2.35. The van der Waals surface area contributed by atoms with E-state index in [1.54, 1.807) is 6.92 Å². The molecule has 1 heterocycles. The maximum Gasteiger partial charge on any atom is 0.305 e. The van der Waals surface area contributed by atoms with Gasteiger partial charge in [-0.3, -0.25) is 9.69 Å². The second-order valence-electron chi connectivity index (χ2n) is 4.09. The van der Waals surface area contributed by atoms with Gasteiger partial charge in [-0.25, -0.2) is 0 Å². The van der Waals surface area contributed by atoms with Crippen LogP contribution in [0.15, 0.2) is 0 Å². The highest BCUT2D eigenvalue weighted by Crippen LogP contribution is 2.09. The zero-order chi connectivity index (χ0) is 11.3. The zero-order valence-corrected chi connectivity index (χ0v) is 9.86. The molecule has 0 spiro atoms. The number of morpholine rings is 1. The Morgan fingerprint density at radius 3 is 2.53 bits per heavy atom. The summed E-state index contributed by atoms with van der Waals surface area (Å²) < 4.78 is 10.7. The Kier molecular flexibility index (Phi) is 5.05. The lowest BCUT2D eigenvalue weighted by Crippen LogP contribution is -2.46. The standard InChI is InChI=1S/C11H21NO3/c1-4-11(13)14-6-5-12-7-9(2)15-10(3)8-12/h9-10H,4-8H2,1-3H3. The summed E-state index contributed by atoms with van der Waals surface area (Å²) in [6, 6.07) is 0. The first-order valence-electron chi connectivity index (χ1n) is 5.65. The summed E-state index contributed by atoms with van der Waals surface area (Å²) in [4.78, 5) is 13.2. The maximum absolute atomic E-state index is 10.9. The normalized spacial score (nSPS) is 27.7. The summed E-state index contributed by atoms with van der Waals surface area (Å²) in [5.41, 5.74) is 0. The van der Waals surface area contributed by atoms with Gasteiger partial charge in [0.15, 0.2) is 0 Å². The smallest absolute Gasteiger partial charge is 0.305 e. The molecule has 0 saturated carbocycles. The number of carbonyl (C=O) groups is 1. The molecular formula is C11H21NO3. The molecule has 0 aliphatic carbocycles. The molecule has 0 bridgehead atoms. The highest BCUT2D eigenvalue weighted by atomic mass is 16.5. The fourth-order valence-electron chi connectivity index (χ4n) is 1.86.